The molecule has 0 atom stereocenters. The highest BCUT2D eigenvalue weighted by Crippen LogP contribution is 2.37. The molecule has 8 nitrogen and oxygen atoms in total. The van der Waals surface area contributed by atoms with Crippen LogP contribution in [0.25, 0.3) is 10.4 Å². The Bertz CT molecular complexity index is 1290. The third-order valence-corrected chi connectivity index (χ3v) is 8.54. The summed E-state index contributed by atoms with van der Waals surface area (Å²) in [6, 6.07) is 14.1. The second-order valence-electron chi connectivity index (χ2n) is 9.91. The van der Waals surface area contributed by atoms with Gasteiger partial charge in [0.1, 0.15) is 0 Å². The van der Waals surface area contributed by atoms with Crippen LogP contribution in [-0.4, -0.2) is 38.1 Å². The maximum Gasteiger partial charge on any atom is 0.319 e. The lowest BCUT2D eigenvalue weighted by atomic mass is 10.1. The third-order valence-electron chi connectivity index (χ3n) is 5.65. The molecule has 2 amide bonds. The van der Waals surface area contributed by atoms with Crippen LogP contribution in [0.1, 0.15) is 45.6 Å². The molecule has 0 spiro atoms. The normalized spacial score (nSPS) is 14.5. The summed E-state index contributed by atoms with van der Waals surface area (Å²) in [6.45, 7) is 7.68. The van der Waals surface area contributed by atoms with Gasteiger partial charge in [0, 0.05) is 42.6 Å². The maximum absolute atomic E-state index is 13.4. The number of thiazole rings is 1. The molecule has 0 radical (unpaired) electrons. The van der Waals surface area contributed by atoms with Crippen molar-refractivity contribution in [3.63, 3.8) is 0 Å². The van der Waals surface area contributed by atoms with Crippen LogP contribution in [0.15, 0.2) is 59.6 Å². The van der Waals surface area contributed by atoms with E-state index in [2.05, 4.69) is 25.2 Å². The van der Waals surface area contributed by atoms with E-state index in [1.165, 1.54) is 23.8 Å². The number of rotatable bonds is 7. The van der Waals surface area contributed by atoms with Gasteiger partial charge < -0.3 is 15.5 Å². The fourth-order valence-corrected chi connectivity index (χ4v) is 6.80. The molecule has 0 saturated carbocycles. The quantitative estimate of drug-likeness (QED) is 0.392. The zero-order valence-corrected chi connectivity index (χ0v) is 22.5. The summed E-state index contributed by atoms with van der Waals surface area (Å²) < 4.78 is 29.6. The van der Waals surface area contributed by atoms with Crippen molar-refractivity contribution in [3.05, 3.63) is 60.3 Å². The van der Waals surface area contributed by atoms with Gasteiger partial charge >= 0.3 is 6.03 Å². The minimum absolute atomic E-state index is 0.104. The molecule has 0 unspecified atom stereocenters. The standard InChI is InChI=1S/C26H33N5O3S2/c1-26(2,3)30-36(33,34)23-16-20(29-24(32)27-17-19-10-6-4-7-11-19)12-13-21(23)22-18-28-25(35-22)31-14-8-5-9-15-31/h4,6-7,10-13,16,18,30H,5,8-9,14-15,17H2,1-3H3,(H2,27,29,32). The van der Waals surface area contributed by atoms with Crippen molar-refractivity contribution in [1.29, 1.82) is 0 Å². The van der Waals surface area contributed by atoms with E-state index in [4.69, 9.17) is 0 Å². The highest BCUT2D eigenvalue weighted by molar-refractivity contribution is 7.89. The van der Waals surface area contributed by atoms with E-state index in [0.29, 0.717) is 17.8 Å². The molecular weight excluding hydrogens is 494 g/mol. The van der Waals surface area contributed by atoms with Crippen molar-refractivity contribution in [2.45, 2.75) is 57.0 Å². The minimum atomic E-state index is -3.88. The summed E-state index contributed by atoms with van der Waals surface area (Å²) in [5.74, 6) is 0. The maximum atomic E-state index is 13.4. The van der Waals surface area contributed by atoms with Gasteiger partial charge in [-0.3, -0.25) is 0 Å². The van der Waals surface area contributed by atoms with Crippen molar-refractivity contribution in [1.82, 2.24) is 15.0 Å². The smallest absolute Gasteiger partial charge is 0.319 e. The van der Waals surface area contributed by atoms with Gasteiger partial charge in [-0.25, -0.2) is 22.9 Å². The zero-order valence-electron chi connectivity index (χ0n) is 20.9. The average molecular weight is 528 g/mol. The monoisotopic (exact) mass is 527 g/mol. The van der Waals surface area contributed by atoms with E-state index >= 15 is 0 Å². The summed E-state index contributed by atoms with van der Waals surface area (Å²) in [6.07, 6.45) is 5.23. The first kappa shape index (κ1) is 26.1. The average Bonchev–Trinajstić information content (AvgIpc) is 3.33. The van der Waals surface area contributed by atoms with Crippen LogP contribution in [0.2, 0.25) is 0 Å². The van der Waals surface area contributed by atoms with Gasteiger partial charge in [0.2, 0.25) is 10.0 Å². The number of amides is 2. The first-order valence-electron chi connectivity index (χ1n) is 12.1. The first-order chi connectivity index (χ1) is 17.1. The number of urea groups is 1. The lowest BCUT2D eigenvalue weighted by Crippen LogP contribution is -2.40. The summed E-state index contributed by atoms with van der Waals surface area (Å²) in [5, 5.41) is 6.46. The summed E-state index contributed by atoms with van der Waals surface area (Å²) in [5.41, 5.74) is 1.25. The Morgan fingerprint density at radius 2 is 1.78 bits per heavy atom. The van der Waals surface area contributed by atoms with E-state index in [0.717, 1.165) is 41.5 Å². The molecule has 1 aliphatic heterocycles. The van der Waals surface area contributed by atoms with Crippen LogP contribution in [0.3, 0.4) is 0 Å². The van der Waals surface area contributed by atoms with Crippen LogP contribution in [0.5, 0.6) is 0 Å². The molecule has 3 N–H and O–H groups in total. The van der Waals surface area contributed by atoms with E-state index in [1.54, 1.807) is 39.1 Å². The SMILES string of the molecule is CC(C)(C)NS(=O)(=O)c1cc(NC(=O)NCc2ccccc2)ccc1-c1cnc(N2CCCCC2)s1. The highest BCUT2D eigenvalue weighted by Gasteiger charge is 2.27. The molecule has 2 heterocycles. The Morgan fingerprint density at radius 1 is 1.06 bits per heavy atom. The van der Waals surface area contributed by atoms with E-state index in [9.17, 15) is 13.2 Å². The Balaban J connectivity index is 1.60. The second kappa shape index (κ2) is 11.0. The Hall–Kier alpha value is -2.95. The molecule has 1 aromatic heterocycles. The lowest BCUT2D eigenvalue weighted by Gasteiger charge is -2.25. The van der Waals surface area contributed by atoms with Gasteiger partial charge in [0.15, 0.2) is 5.13 Å². The van der Waals surface area contributed by atoms with E-state index in [1.807, 2.05) is 30.3 Å². The van der Waals surface area contributed by atoms with Crippen molar-refractivity contribution in [3.8, 4) is 10.4 Å². The third kappa shape index (κ3) is 6.83. The van der Waals surface area contributed by atoms with Crippen LogP contribution >= 0.6 is 11.3 Å². The van der Waals surface area contributed by atoms with Crippen molar-refractivity contribution < 1.29 is 13.2 Å². The number of benzene rings is 2. The molecule has 192 valence electrons. The van der Waals surface area contributed by atoms with Gasteiger partial charge in [0.25, 0.3) is 0 Å². The van der Waals surface area contributed by atoms with Gasteiger partial charge in [0.05, 0.1) is 9.77 Å². The fourth-order valence-electron chi connectivity index (χ4n) is 4.06. The second-order valence-corrected chi connectivity index (χ2v) is 12.6. The van der Waals surface area contributed by atoms with Gasteiger partial charge in [-0.1, -0.05) is 47.7 Å². The van der Waals surface area contributed by atoms with Gasteiger partial charge in [-0.2, -0.15) is 0 Å². The number of carbonyl (C=O) groups excluding carboxylic acids is 1. The van der Waals surface area contributed by atoms with E-state index in [-0.39, 0.29) is 4.90 Å². The van der Waals surface area contributed by atoms with Crippen LogP contribution < -0.4 is 20.3 Å². The van der Waals surface area contributed by atoms with Crippen LogP contribution in [0.4, 0.5) is 15.6 Å². The summed E-state index contributed by atoms with van der Waals surface area (Å²) in [4.78, 5) is 20.2. The molecule has 4 rings (SSSR count). The number of aromatic nitrogens is 1. The molecule has 0 aliphatic carbocycles. The topological polar surface area (TPSA) is 103 Å². The van der Waals surface area contributed by atoms with Crippen molar-refractivity contribution >= 4 is 38.2 Å². The highest BCUT2D eigenvalue weighted by atomic mass is 32.2. The van der Waals surface area contributed by atoms with Gasteiger partial charge in [-0.05, 0) is 57.7 Å². The molecular formula is C26H33N5O3S2. The molecule has 36 heavy (non-hydrogen) atoms. The number of hydrogen-bond acceptors (Lipinski definition) is 6. The molecule has 1 saturated heterocycles. The summed E-state index contributed by atoms with van der Waals surface area (Å²) in [7, 11) is -3.88. The molecule has 1 fully saturated rings. The number of anilines is 2. The molecule has 1 aliphatic rings. The number of hydrogen-bond donors (Lipinski definition) is 3. The predicted octanol–water partition coefficient (Wildman–Crippen LogP) is 5.20. The first-order valence-corrected chi connectivity index (χ1v) is 14.4. The number of nitrogens with zero attached hydrogens (tertiary/aromatic N) is 2. The van der Waals surface area contributed by atoms with Crippen LogP contribution in [0, 0.1) is 0 Å². The van der Waals surface area contributed by atoms with E-state index < -0.39 is 21.6 Å². The van der Waals surface area contributed by atoms with Crippen molar-refractivity contribution in [2.75, 3.05) is 23.3 Å². The zero-order chi connectivity index (χ0) is 25.8. The molecule has 2 aromatic carbocycles. The number of carbonyl (C=O) groups is 1. The number of nitrogens with one attached hydrogen (secondary N) is 3. The predicted molar refractivity (Wildman–Crippen MR) is 146 cm³/mol. The lowest BCUT2D eigenvalue weighted by molar-refractivity contribution is 0.251. The number of sulfonamides is 1. The summed E-state index contributed by atoms with van der Waals surface area (Å²) >= 11 is 1.49. The molecule has 3 aromatic rings. The fraction of sp³-hybridized carbons (Fsp3) is 0.385. The minimum Gasteiger partial charge on any atom is -0.348 e. The Kier molecular flexibility index (Phi) is 7.97. The Morgan fingerprint density at radius 3 is 2.47 bits per heavy atom. The molecule has 10 heteroatoms. The molecule has 0 bridgehead atoms. The van der Waals surface area contributed by atoms with Gasteiger partial charge in [-0.15, -0.1) is 0 Å². The van der Waals surface area contributed by atoms with Crippen molar-refractivity contribution in [2.24, 2.45) is 0 Å². The Labute approximate surface area is 217 Å². The number of piperidine rings is 1. The van der Waals surface area contributed by atoms with Crippen LogP contribution in [-0.2, 0) is 16.6 Å². The largest absolute Gasteiger partial charge is 0.348 e.